The Kier molecular flexibility index (Phi) is 4.41. The van der Waals surface area contributed by atoms with Crippen LogP contribution in [0.5, 0.6) is 0 Å². The molecule has 1 N–H and O–H groups in total. The summed E-state index contributed by atoms with van der Waals surface area (Å²) in [5.41, 5.74) is 0.763. The Morgan fingerprint density at radius 2 is 2.07 bits per heavy atom. The molecule has 14 heavy (non-hydrogen) atoms. The van der Waals surface area contributed by atoms with Crippen LogP contribution in [0.15, 0.2) is 22.7 Å². The first-order valence-corrected chi connectivity index (χ1v) is 4.81. The summed E-state index contributed by atoms with van der Waals surface area (Å²) in [6.07, 6.45) is -2.36. The van der Waals surface area contributed by atoms with Gasteiger partial charge in [0, 0.05) is 6.54 Å². The molecule has 0 spiro atoms. The number of hydrogen-bond donors (Lipinski definition) is 1. The molecule has 0 aliphatic carbocycles. The molecule has 0 saturated carbocycles. The maximum absolute atomic E-state index is 12.8. The SMILES string of the molecule is Fc1ccc(CNCC(F)F)cc1Br. The van der Waals surface area contributed by atoms with E-state index >= 15 is 0 Å². The molecule has 1 nitrogen and oxygen atoms in total. The standard InChI is InChI=1S/C9H9BrF3N/c10-7-3-6(1-2-8(7)11)4-14-5-9(12)13/h1-3,9,14H,4-5H2. The van der Waals surface area contributed by atoms with Crippen molar-refractivity contribution in [1.29, 1.82) is 0 Å². The highest BCUT2D eigenvalue weighted by atomic mass is 79.9. The zero-order chi connectivity index (χ0) is 10.6. The molecular formula is C9H9BrF3N. The van der Waals surface area contributed by atoms with Gasteiger partial charge < -0.3 is 5.32 Å². The summed E-state index contributed by atoms with van der Waals surface area (Å²) >= 11 is 3.02. The molecule has 1 rings (SSSR count). The maximum atomic E-state index is 12.8. The van der Waals surface area contributed by atoms with E-state index in [0.29, 0.717) is 11.0 Å². The minimum Gasteiger partial charge on any atom is -0.307 e. The van der Waals surface area contributed by atoms with E-state index in [2.05, 4.69) is 21.2 Å². The molecule has 0 unspecified atom stereocenters. The van der Waals surface area contributed by atoms with Gasteiger partial charge in [-0.1, -0.05) is 6.07 Å². The largest absolute Gasteiger partial charge is 0.307 e. The summed E-state index contributed by atoms with van der Waals surface area (Å²) in [6, 6.07) is 4.41. The van der Waals surface area contributed by atoms with E-state index in [1.54, 1.807) is 12.1 Å². The average Bonchev–Trinajstić information content (AvgIpc) is 2.10. The molecule has 0 aliphatic rings. The summed E-state index contributed by atoms with van der Waals surface area (Å²) < 4.78 is 36.6. The van der Waals surface area contributed by atoms with Crippen LogP contribution in [0.1, 0.15) is 5.56 Å². The normalized spacial score (nSPS) is 10.9. The topological polar surface area (TPSA) is 12.0 Å². The monoisotopic (exact) mass is 267 g/mol. The Morgan fingerprint density at radius 1 is 1.36 bits per heavy atom. The van der Waals surface area contributed by atoms with Gasteiger partial charge in [0.1, 0.15) is 5.82 Å². The van der Waals surface area contributed by atoms with Crippen LogP contribution in [0.3, 0.4) is 0 Å². The first-order chi connectivity index (χ1) is 6.59. The van der Waals surface area contributed by atoms with E-state index in [1.807, 2.05) is 0 Å². The first kappa shape index (κ1) is 11.5. The van der Waals surface area contributed by atoms with Crippen LogP contribution in [0, 0.1) is 5.82 Å². The Labute approximate surface area is 88.4 Å². The molecule has 0 bridgehead atoms. The van der Waals surface area contributed by atoms with Crippen molar-refractivity contribution >= 4 is 15.9 Å². The molecule has 78 valence electrons. The summed E-state index contributed by atoms with van der Waals surface area (Å²) in [6.45, 7) is -0.0434. The first-order valence-electron chi connectivity index (χ1n) is 4.02. The van der Waals surface area contributed by atoms with Gasteiger partial charge in [0.2, 0.25) is 0 Å². The summed E-state index contributed by atoms with van der Waals surface area (Å²) in [7, 11) is 0. The molecule has 0 amide bonds. The number of alkyl halides is 2. The van der Waals surface area contributed by atoms with Crippen molar-refractivity contribution in [2.75, 3.05) is 6.54 Å². The number of halogens is 4. The molecule has 0 radical (unpaired) electrons. The lowest BCUT2D eigenvalue weighted by molar-refractivity contribution is 0.145. The second-order valence-corrected chi connectivity index (χ2v) is 3.62. The predicted octanol–water partition coefficient (Wildman–Crippen LogP) is 2.94. The van der Waals surface area contributed by atoms with E-state index in [-0.39, 0.29) is 12.4 Å². The van der Waals surface area contributed by atoms with Gasteiger partial charge in [-0.15, -0.1) is 0 Å². The van der Waals surface area contributed by atoms with Crippen LogP contribution in [-0.4, -0.2) is 13.0 Å². The smallest absolute Gasteiger partial charge is 0.250 e. The number of benzene rings is 1. The number of rotatable bonds is 4. The minimum absolute atomic E-state index is 0.309. The van der Waals surface area contributed by atoms with E-state index in [0.717, 1.165) is 5.56 Å². The van der Waals surface area contributed by atoms with Crippen molar-refractivity contribution in [3.8, 4) is 0 Å². The fourth-order valence-electron chi connectivity index (χ4n) is 0.975. The highest BCUT2D eigenvalue weighted by Crippen LogP contribution is 2.16. The second-order valence-electron chi connectivity index (χ2n) is 2.77. The van der Waals surface area contributed by atoms with Gasteiger partial charge in [-0.05, 0) is 33.6 Å². The molecule has 0 heterocycles. The van der Waals surface area contributed by atoms with Gasteiger partial charge in [0.05, 0.1) is 11.0 Å². The molecule has 5 heteroatoms. The Balaban J connectivity index is 2.47. The maximum Gasteiger partial charge on any atom is 0.250 e. The van der Waals surface area contributed by atoms with E-state index in [9.17, 15) is 13.2 Å². The van der Waals surface area contributed by atoms with Crippen molar-refractivity contribution in [2.24, 2.45) is 0 Å². The van der Waals surface area contributed by atoms with Gasteiger partial charge in [0.15, 0.2) is 0 Å². The van der Waals surface area contributed by atoms with Crippen LogP contribution in [0.2, 0.25) is 0 Å². The minimum atomic E-state index is -2.36. The molecular weight excluding hydrogens is 259 g/mol. The fraction of sp³-hybridized carbons (Fsp3) is 0.333. The van der Waals surface area contributed by atoms with E-state index in [1.165, 1.54) is 6.07 Å². The van der Waals surface area contributed by atoms with Crippen molar-refractivity contribution in [3.63, 3.8) is 0 Å². The molecule has 1 aromatic rings. The van der Waals surface area contributed by atoms with Gasteiger partial charge in [-0.2, -0.15) is 0 Å². The lowest BCUT2D eigenvalue weighted by Crippen LogP contribution is -2.20. The quantitative estimate of drug-likeness (QED) is 0.885. The Morgan fingerprint density at radius 3 is 2.64 bits per heavy atom. The van der Waals surface area contributed by atoms with Crippen molar-refractivity contribution in [3.05, 3.63) is 34.1 Å². The molecule has 0 atom stereocenters. The van der Waals surface area contributed by atoms with Crippen molar-refractivity contribution < 1.29 is 13.2 Å². The van der Waals surface area contributed by atoms with Gasteiger partial charge >= 0.3 is 0 Å². The summed E-state index contributed by atoms with van der Waals surface area (Å²) in [5, 5.41) is 2.55. The van der Waals surface area contributed by atoms with E-state index in [4.69, 9.17) is 0 Å². The molecule has 0 aromatic heterocycles. The second kappa shape index (κ2) is 5.36. The number of nitrogens with one attached hydrogen (secondary N) is 1. The molecule has 0 aliphatic heterocycles. The number of hydrogen-bond acceptors (Lipinski definition) is 1. The van der Waals surface area contributed by atoms with Crippen molar-refractivity contribution in [1.82, 2.24) is 5.32 Å². The van der Waals surface area contributed by atoms with Gasteiger partial charge in [-0.3, -0.25) is 0 Å². The van der Waals surface area contributed by atoms with E-state index < -0.39 is 6.43 Å². The highest BCUT2D eigenvalue weighted by molar-refractivity contribution is 9.10. The van der Waals surface area contributed by atoms with Crippen LogP contribution in [-0.2, 0) is 6.54 Å². The Bertz CT molecular complexity index is 304. The van der Waals surface area contributed by atoms with Crippen LogP contribution in [0.25, 0.3) is 0 Å². The Hall–Kier alpha value is -0.550. The lowest BCUT2D eigenvalue weighted by Gasteiger charge is -2.04. The third-order valence-corrected chi connectivity index (χ3v) is 2.22. The molecule has 0 saturated heterocycles. The molecule has 0 fully saturated rings. The van der Waals surface area contributed by atoms with Crippen LogP contribution in [0.4, 0.5) is 13.2 Å². The average molecular weight is 268 g/mol. The van der Waals surface area contributed by atoms with Crippen LogP contribution >= 0.6 is 15.9 Å². The zero-order valence-corrected chi connectivity index (χ0v) is 8.82. The summed E-state index contributed by atoms with van der Waals surface area (Å²) in [4.78, 5) is 0. The zero-order valence-electron chi connectivity index (χ0n) is 7.24. The summed E-state index contributed by atoms with van der Waals surface area (Å²) in [5.74, 6) is -0.359. The van der Waals surface area contributed by atoms with Gasteiger partial charge in [0.25, 0.3) is 6.43 Å². The lowest BCUT2D eigenvalue weighted by atomic mass is 10.2. The van der Waals surface area contributed by atoms with Gasteiger partial charge in [-0.25, -0.2) is 13.2 Å². The van der Waals surface area contributed by atoms with Crippen molar-refractivity contribution in [2.45, 2.75) is 13.0 Å². The highest BCUT2D eigenvalue weighted by Gasteiger charge is 2.03. The third kappa shape index (κ3) is 3.67. The predicted molar refractivity (Wildman–Crippen MR) is 51.8 cm³/mol. The third-order valence-electron chi connectivity index (χ3n) is 1.61. The fourth-order valence-corrected chi connectivity index (χ4v) is 1.40. The van der Waals surface area contributed by atoms with Crippen LogP contribution < -0.4 is 5.32 Å². The molecule has 1 aromatic carbocycles.